The van der Waals surface area contributed by atoms with Crippen LogP contribution in [0.5, 0.6) is 0 Å². The van der Waals surface area contributed by atoms with Gasteiger partial charge in [-0.2, -0.15) is 0 Å². The highest BCUT2D eigenvalue weighted by Crippen LogP contribution is 2.18. The number of likely N-dealkylation sites (N-methyl/N-ethyl adjacent to an activating group) is 1. The maximum absolute atomic E-state index is 13.5. The van der Waals surface area contributed by atoms with Crippen LogP contribution in [0.3, 0.4) is 0 Å². The van der Waals surface area contributed by atoms with E-state index in [4.69, 9.17) is 0 Å². The summed E-state index contributed by atoms with van der Waals surface area (Å²) in [5, 5.41) is 12.9. The van der Waals surface area contributed by atoms with Gasteiger partial charge in [-0.15, -0.1) is 21.5 Å². The first kappa shape index (κ1) is 14.0. The molecule has 1 heterocycles. The van der Waals surface area contributed by atoms with Crippen LogP contribution in [0.1, 0.15) is 22.5 Å². The van der Waals surface area contributed by atoms with Crippen molar-refractivity contribution in [1.29, 1.82) is 0 Å². The molecule has 0 unspecified atom stereocenters. The van der Waals surface area contributed by atoms with Crippen molar-refractivity contribution in [2.24, 2.45) is 0 Å². The molecular formula is C13H15F2N3S. The third-order valence-electron chi connectivity index (χ3n) is 2.65. The van der Waals surface area contributed by atoms with Gasteiger partial charge in [-0.25, -0.2) is 8.78 Å². The largest absolute Gasteiger partial charge is 0.317 e. The lowest BCUT2D eigenvalue weighted by atomic mass is 10.1. The SMILES string of the molecule is CCNCCc1nnc(Cc2cccc(F)c2F)s1. The van der Waals surface area contributed by atoms with Crippen molar-refractivity contribution >= 4 is 11.3 Å². The summed E-state index contributed by atoms with van der Waals surface area (Å²) < 4.78 is 26.6. The van der Waals surface area contributed by atoms with E-state index in [1.165, 1.54) is 17.4 Å². The minimum absolute atomic E-state index is 0.280. The Morgan fingerprint density at radius 1 is 1.21 bits per heavy atom. The first-order chi connectivity index (χ1) is 9.20. The molecule has 1 aromatic heterocycles. The van der Waals surface area contributed by atoms with Crippen LogP contribution < -0.4 is 5.32 Å². The molecule has 0 saturated carbocycles. The van der Waals surface area contributed by atoms with Crippen molar-refractivity contribution < 1.29 is 8.78 Å². The molecule has 1 N–H and O–H groups in total. The molecule has 0 bridgehead atoms. The van der Waals surface area contributed by atoms with E-state index in [1.807, 2.05) is 6.92 Å². The Morgan fingerprint density at radius 3 is 2.79 bits per heavy atom. The van der Waals surface area contributed by atoms with Gasteiger partial charge in [0, 0.05) is 19.4 Å². The van der Waals surface area contributed by atoms with E-state index in [0.29, 0.717) is 10.6 Å². The van der Waals surface area contributed by atoms with Crippen molar-refractivity contribution in [3.05, 3.63) is 45.4 Å². The Kier molecular flexibility index (Phi) is 4.93. The van der Waals surface area contributed by atoms with Gasteiger partial charge in [-0.1, -0.05) is 19.1 Å². The van der Waals surface area contributed by atoms with Crippen LogP contribution in [0.15, 0.2) is 18.2 Å². The number of aromatic nitrogens is 2. The summed E-state index contributed by atoms with van der Waals surface area (Å²) in [6.07, 6.45) is 1.08. The Bertz CT molecular complexity index is 542. The third kappa shape index (κ3) is 3.78. The second-order valence-electron chi connectivity index (χ2n) is 4.08. The molecular weight excluding hydrogens is 268 g/mol. The molecule has 0 saturated heterocycles. The predicted octanol–water partition coefficient (Wildman–Crippen LogP) is 2.56. The molecule has 0 atom stereocenters. The first-order valence-corrected chi connectivity index (χ1v) is 6.97. The Labute approximate surface area is 114 Å². The Hall–Kier alpha value is -1.40. The van der Waals surface area contributed by atoms with E-state index < -0.39 is 11.6 Å². The van der Waals surface area contributed by atoms with Gasteiger partial charge in [-0.3, -0.25) is 0 Å². The van der Waals surface area contributed by atoms with Crippen molar-refractivity contribution in [1.82, 2.24) is 15.5 Å². The van der Waals surface area contributed by atoms with Crippen LogP contribution in [-0.4, -0.2) is 23.3 Å². The lowest BCUT2D eigenvalue weighted by Gasteiger charge is -2.00. The van der Waals surface area contributed by atoms with Crippen molar-refractivity contribution in [3.63, 3.8) is 0 Å². The molecule has 3 nitrogen and oxygen atoms in total. The molecule has 0 aliphatic rings. The van der Waals surface area contributed by atoms with Gasteiger partial charge in [0.25, 0.3) is 0 Å². The number of hydrogen-bond acceptors (Lipinski definition) is 4. The van der Waals surface area contributed by atoms with Crippen LogP contribution >= 0.6 is 11.3 Å². The third-order valence-corrected chi connectivity index (χ3v) is 3.63. The van der Waals surface area contributed by atoms with Crippen LogP contribution in [0.25, 0.3) is 0 Å². The molecule has 0 radical (unpaired) electrons. The summed E-state index contributed by atoms with van der Waals surface area (Å²) in [5.41, 5.74) is 0.314. The number of hydrogen-bond donors (Lipinski definition) is 1. The van der Waals surface area contributed by atoms with Gasteiger partial charge >= 0.3 is 0 Å². The summed E-state index contributed by atoms with van der Waals surface area (Å²) in [6.45, 7) is 3.80. The smallest absolute Gasteiger partial charge is 0.162 e. The average molecular weight is 283 g/mol. The molecule has 102 valence electrons. The fourth-order valence-corrected chi connectivity index (χ4v) is 2.55. The predicted molar refractivity (Wildman–Crippen MR) is 71.3 cm³/mol. The van der Waals surface area contributed by atoms with E-state index in [-0.39, 0.29) is 6.42 Å². The maximum atomic E-state index is 13.5. The summed E-state index contributed by atoms with van der Waals surface area (Å²) in [7, 11) is 0. The zero-order valence-electron chi connectivity index (χ0n) is 10.6. The molecule has 0 fully saturated rings. The monoisotopic (exact) mass is 283 g/mol. The molecule has 0 aliphatic carbocycles. The van der Waals surface area contributed by atoms with Gasteiger partial charge in [-0.05, 0) is 18.2 Å². The Balaban J connectivity index is 2.01. The van der Waals surface area contributed by atoms with Crippen LogP contribution in [0.4, 0.5) is 8.78 Å². The van der Waals surface area contributed by atoms with Crippen molar-refractivity contribution in [2.75, 3.05) is 13.1 Å². The first-order valence-electron chi connectivity index (χ1n) is 6.15. The van der Waals surface area contributed by atoms with Crippen molar-refractivity contribution in [2.45, 2.75) is 19.8 Å². The topological polar surface area (TPSA) is 37.8 Å². The summed E-state index contributed by atoms with van der Waals surface area (Å²) in [4.78, 5) is 0. The number of rotatable bonds is 6. The molecule has 19 heavy (non-hydrogen) atoms. The average Bonchev–Trinajstić information content (AvgIpc) is 2.83. The normalized spacial score (nSPS) is 10.9. The van der Waals surface area contributed by atoms with Gasteiger partial charge in [0.2, 0.25) is 0 Å². The minimum atomic E-state index is -0.825. The lowest BCUT2D eigenvalue weighted by Crippen LogP contribution is -2.15. The molecule has 1 aromatic carbocycles. The number of benzene rings is 1. The van der Waals surface area contributed by atoms with Gasteiger partial charge in [0.15, 0.2) is 11.6 Å². The second-order valence-corrected chi connectivity index (χ2v) is 5.23. The molecule has 6 heteroatoms. The van der Waals surface area contributed by atoms with E-state index in [0.717, 1.165) is 30.6 Å². The van der Waals surface area contributed by atoms with E-state index >= 15 is 0 Å². The minimum Gasteiger partial charge on any atom is -0.317 e. The molecule has 2 aromatic rings. The zero-order valence-corrected chi connectivity index (χ0v) is 11.4. The number of nitrogens with one attached hydrogen (secondary N) is 1. The molecule has 0 amide bonds. The van der Waals surface area contributed by atoms with E-state index in [1.54, 1.807) is 6.07 Å². The summed E-state index contributed by atoms with van der Waals surface area (Å²) in [5.74, 6) is -1.62. The standard InChI is InChI=1S/C13H15F2N3S/c1-2-16-7-6-11-17-18-12(19-11)8-9-4-3-5-10(14)13(9)15/h3-5,16H,2,6-8H2,1H3. The molecule has 0 aliphatic heterocycles. The highest BCUT2D eigenvalue weighted by atomic mass is 32.1. The maximum Gasteiger partial charge on any atom is 0.162 e. The number of halogens is 2. The fraction of sp³-hybridized carbons (Fsp3) is 0.385. The van der Waals surface area contributed by atoms with Gasteiger partial charge in [0.1, 0.15) is 10.0 Å². The van der Waals surface area contributed by atoms with Crippen LogP contribution in [-0.2, 0) is 12.8 Å². The van der Waals surface area contributed by atoms with Crippen LogP contribution in [0, 0.1) is 11.6 Å². The summed E-state index contributed by atoms with van der Waals surface area (Å²) >= 11 is 1.44. The quantitative estimate of drug-likeness (QED) is 0.828. The zero-order chi connectivity index (χ0) is 13.7. The van der Waals surface area contributed by atoms with E-state index in [2.05, 4.69) is 15.5 Å². The van der Waals surface area contributed by atoms with Gasteiger partial charge < -0.3 is 5.32 Å². The lowest BCUT2D eigenvalue weighted by molar-refractivity contribution is 0.500. The Morgan fingerprint density at radius 2 is 2.00 bits per heavy atom. The highest BCUT2D eigenvalue weighted by molar-refractivity contribution is 7.11. The molecule has 2 rings (SSSR count). The van der Waals surface area contributed by atoms with E-state index in [9.17, 15) is 8.78 Å². The van der Waals surface area contributed by atoms with Crippen molar-refractivity contribution in [3.8, 4) is 0 Å². The summed E-state index contributed by atoms with van der Waals surface area (Å²) in [6, 6.07) is 4.18. The number of nitrogens with zero attached hydrogens (tertiary/aromatic N) is 2. The second kappa shape index (κ2) is 6.68. The van der Waals surface area contributed by atoms with Crippen LogP contribution in [0.2, 0.25) is 0 Å². The highest BCUT2D eigenvalue weighted by Gasteiger charge is 2.11. The van der Waals surface area contributed by atoms with Gasteiger partial charge in [0.05, 0.1) is 0 Å². The molecule has 0 spiro atoms. The fourth-order valence-electron chi connectivity index (χ4n) is 1.68.